The first-order valence-electron chi connectivity index (χ1n) is 11.0. The summed E-state index contributed by atoms with van der Waals surface area (Å²) in [6.45, 7) is 2.45. The fourth-order valence-corrected chi connectivity index (χ4v) is 5.03. The van der Waals surface area contributed by atoms with Gasteiger partial charge in [-0.05, 0) is 35.9 Å². The van der Waals surface area contributed by atoms with Crippen molar-refractivity contribution < 1.29 is 19.1 Å². The van der Waals surface area contributed by atoms with E-state index in [0.29, 0.717) is 23.8 Å². The Morgan fingerprint density at radius 1 is 1.03 bits per heavy atom. The van der Waals surface area contributed by atoms with E-state index < -0.39 is 11.9 Å². The van der Waals surface area contributed by atoms with E-state index in [-0.39, 0.29) is 6.61 Å². The molecule has 1 N–H and O–H groups in total. The molecule has 34 heavy (non-hydrogen) atoms. The Morgan fingerprint density at radius 2 is 1.85 bits per heavy atom. The van der Waals surface area contributed by atoms with Crippen LogP contribution in [0.4, 0.5) is 10.7 Å². The molecule has 0 unspecified atom stereocenters. The first-order chi connectivity index (χ1) is 16.7. The molecule has 1 amide bonds. The molecule has 1 aliphatic heterocycles. The van der Waals surface area contributed by atoms with Crippen molar-refractivity contribution >= 4 is 44.8 Å². The van der Waals surface area contributed by atoms with Crippen molar-refractivity contribution in [3.05, 3.63) is 77.8 Å². The van der Waals surface area contributed by atoms with Gasteiger partial charge in [0.25, 0.3) is 5.91 Å². The van der Waals surface area contributed by atoms with Gasteiger partial charge >= 0.3 is 5.97 Å². The highest BCUT2D eigenvalue weighted by molar-refractivity contribution is 7.18. The van der Waals surface area contributed by atoms with Crippen LogP contribution in [0, 0.1) is 0 Å². The molecule has 0 bridgehead atoms. The van der Waals surface area contributed by atoms with Gasteiger partial charge in [-0.2, -0.15) is 0 Å². The van der Waals surface area contributed by atoms with E-state index in [4.69, 9.17) is 9.47 Å². The summed E-state index contributed by atoms with van der Waals surface area (Å²) in [6.07, 6.45) is 1.70. The van der Waals surface area contributed by atoms with Crippen LogP contribution in [0.5, 0.6) is 0 Å². The Kier molecular flexibility index (Phi) is 6.51. The van der Waals surface area contributed by atoms with Gasteiger partial charge in [0.15, 0.2) is 6.61 Å². The maximum Gasteiger partial charge on any atom is 0.348 e. The van der Waals surface area contributed by atoms with Crippen LogP contribution in [0.25, 0.3) is 22.0 Å². The van der Waals surface area contributed by atoms with E-state index >= 15 is 0 Å². The molecule has 3 heterocycles. The van der Waals surface area contributed by atoms with Crippen LogP contribution in [0.2, 0.25) is 0 Å². The number of aromatic nitrogens is 1. The number of nitrogens with zero attached hydrogens (tertiary/aromatic N) is 2. The van der Waals surface area contributed by atoms with E-state index in [1.54, 1.807) is 12.3 Å². The molecule has 1 aliphatic rings. The number of anilines is 2. The average molecular weight is 474 g/mol. The molecular formula is C26H23N3O4S. The van der Waals surface area contributed by atoms with Crippen molar-refractivity contribution in [2.45, 2.75) is 0 Å². The Bertz CT molecular complexity index is 1310. The fourth-order valence-electron chi connectivity index (χ4n) is 3.91. The summed E-state index contributed by atoms with van der Waals surface area (Å²) in [6, 6.07) is 21.0. The number of pyridine rings is 1. The van der Waals surface area contributed by atoms with Crippen molar-refractivity contribution in [2.24, 2.45) is 0 Å². The van der Waals surface area contributed by atoms with Crippen LogP contribution in [0.1, 0.15) is 9.67 Å². The van der Waals surface area contributed by atoms with Crippen molar-refractivity contribution in [3.8, 4) is 11.1 Å². The summed E-state index contributed by atoms with van der Waals surface area (Å²) in [5.41, 5.74) is 3.41. The number of nitrogens with one attached hydrogen (secondary N) is 1. The molecule has 1 saturated heterocycles. The lowest BCUT2D eigenvalue weighted by Gasteiger charge is -2.28. The molecule has 0 aliphatic carbocycles. The zero-order valence-electron chi connectivity index (χ0n) is 18.4. The Labute approximate surface area is 200 Å². The third kappa shape index (κ3) is 4.78. The number of carbonyl (C=O) groups is 2. The van der Waals surface area contributed by atoms with Gasteiger partial charge in [-0.15, -0.1) is 11.3 Å². The van der Waals surface area contributed by atoms with Crippen LogP contribution in [-0.2, 0) is 14.3 Å². The van der Waals surface area contributed by atoms with Gasteiger partial charge in [0, 0.05) is 30.2 Å². The quantitative estimate of drug-likeness (QED) is 0.413. The minimum atomic E-state index is -0.517. The monoisotopic (exact) mass is 473 g/mol. The van der Waals surface area contributed by atoms with Gasteiger partial charge in [-0.25, -0.2) is 4.79 Å². The zero-order valence-corrected chi connectivity index (χ0v) is 19.2. The second-order valence-electron chi connectivity index (χ2n) is 7.79. The van der Waals surface area contributed by atoms with Crippen LogP contribution in [0.15, 0.2) is 72.9 Å². The van der Waals surface area contributed by atoms with Gasteiger partial charge in [-0.1, -0.05) is 36.4 Å². The number of hydrogen-bond donors (Lipinski definition) is 1. The molecule has 8 heteroatoms. The van der Waals surface area contributed by atoms with Gasteiger partial charge in [-0.3, -0.25) is 9.78 Å². The number of thiophene rings is 1. The summed E-state index contributed by atoms with van der Waals surface area (Å²) < 4.78 is 10.9. The predicted molar refractivity (Wildman–Crippen MR) is 133 cm³/mol. The SMILES string of the molecule is O=C(COC(=O)c1cc(-c2ccccc2)c(N2CCOCC2)s1)Nc1cccc2ncccc12. The predicted octanol–water partition coefficient (Wildman–Crippen LogP) is 4.60. The molecule has 0 atom stereocenters. The number of esters is 1. The van der Waals surface area contributed by atoms with Crippen molar-refractivity contribution in [3.63, 3.8) is 0 Å². The number of fused-ring (bicyclic) bond motifs is 1. The number of amides is 1. The molecule has 4 aromatic rings. The molecule has 5 rings (SSSR count). The number of morpholine rings is 1. The molecule has 1 fully saturated rings. The minimum Gasteiger partial charge on any atom is -0.451 e. The lowest BCUT2D eigenvalue weighted by Crippen LogP contribution is -2.35. The highest BCUT2D eigenvalue weighted by atomic mass is 32.1. The zero-order chi connectivity index (χ0) is 23.3. The van der Waals surface area contributed by atoms with E-state index in [0.717, 1.165) is 40.1 Å². The highest BCUT2D eigenvalue weighted by Gasteiger charge is 2.23. The van der Waals surface area contributed by atoms with E-state index in [1.807, 2.05) is 60.7 Å². The molecule has 0 radical (unpaired) electrons. The molecule has 0 saturated carbocycles. The standard InChI is InChI=1S/C26H23N3O4S/c30-24(28-22-10-4-9-21-19(22)8-5-11-27-21)17-33-26(31)23-16-20(18-6-2-1-3-7-18)25(34-23)29-12-14-32-15-13-29/h1-11,16H,12-15,17H2,(H,28,30). The number of carbonyl (C=O) groups excluding carboxylic acids is 2. The lowest BCUT2D eigenvalue weighted by atomic mass is 10.1. The maximum absolute atomic E-state index is 12.8. The number of rotatable bonds is 6. The Morgan fingerprint density at radius 3 is 2.68 bits per heavy atom. The van der Waals surface area contributed by atoms with Crippen LogP contribution in [-0.4, -0.2) is 49.8 Å². The van der Waals surface area contributed by atoms with Crippen LogP contribution in [0.3, 0.4) is 0 Å². The third-order valence-electron chi connectivity index (χ3n) is 5.55. The minimum absolute atomic E-state index is 0.374. The molecule has 7 nitrogen and oxygen atoms in total. The molecule has 2 aromatic carbocycles. The summed E-state index contributed by atoms with van der Waals surface area (Å²) >= 11 is 1.38. The summed E-state index contributed by atoms with van der Waals surface area (Å²) in [7, 11) is 0. The summed E-state index contributed by atoms with van der Waals surface area (Å²) in [5.74, 6) is -0.922. The number of hydrogen-bond acceptors (Lipinski definition) is 7. The molecule has 0 spiro atoms. The van der Waals surface area contributed by atoms with Crippen LogP contribution >= 0.6 is 11.3 Å². The van der Waals surface area contributed by atoms with E-state index in [2.05, 4.69) is 15.2 Å². The maximum atomic E-state index is 12.8. The average Bonchev–Trinajstić information content (AvgIpc) is 3.34. The second-order valence-corrected chi connectivity index (χ2v) is 8.83. The lowest BCUT2D eigenvalue weighted by molar-refractivity contribution is -0.119. The number of ether oxygens (including phenoxy) is 2. The second kappa shape index (κ2) is 10.0. The van der Waals surface area contributed by atoms with Crippen molar-refractivity contribution in [2.75, 3.05) is 43.1 Å². The van der Waals surface area contributed by atoms with E-state index in [9.17, 15) is 9.59 Å². The van der Waals surface area contributed by atoms with Gasteiger partial charge in [0.1, 0.15) is 4.88 Å². The summed E-state index contributed by atoms with van der Waals surface area (Å²) in [4.78, 5) is 32.3. The third-order valence-corrected chi connectivity index (χ3v) is 6.73. The van der Waals surface area contributed by atoms with Gasteiger partial charge < -0.3 is 19.7 Å². The van der Waals surface area contributed by atoms with Gasteiger partial charge in [0.2, 0.25) is 0 Å². The normalized spacial score (nSPS) is 13.6. The summed E-state index contributed by atoms with van der Waals surface area (Å²) in [5, 5.41) is 4.64. The topological polar surface area (TPSA) is 80.8 Å². The smallest absolute Gasteiger partial charge is 0.348 e. The Balaban J connectivity index is 1.30. The fraction of sp³-hybridized carbons (Fsp3) is 0.192. The van der Waals surface area contributed by atoms with Crippen molar-refractivity contribution in [1.29, 1.82) is 0 Å². The Hall–Kier alpha value is -3.75. The first-order valence-corrected chi connectivity index (χ1v) is 11.8. The molecule has 2 aromatic heterocycles. The highest BCUT2D eigenvalue weighted by Crippen LogP contribution is 2.39. The first kappa shape index (κ1) is 22.1. The van der Waals surface area contributed by atoms with Crippen LogP contribution < -0.4 is 10.2 Å². The van der Waals surface area contributed by atoms with Crippen molar-refractivity contribution in [1.82, 2.24) is 4.98 Å². The van der Waals surface area contributed by atoms with Gasteiger partial charge in [0.05, 0.1) is 29.4 Å². The molecular weight excluding hydrogens is 450 g/mol. The number of benzene rings is 2. The molecule has 172 valence electrons. The largest absolute Gasteiger partial charge is 0.451 e. The van der Waals surface area contributed by atoms with E-state index in [1.165, 1.54) is 11.3 Å².